The van der Waals surface area contributed by atoms with Crippen molar-refractivity contribution in [1.82, 2.24) is 0 Å². The largest absolute Gasteiger partial charge is 0.490 e. The van der Waals surface area contributed by atoms with Gasteiger partial charge in [0.15, 0.2) is 11.5 Å². The first-order valence-electron chi connectivity index (χ1n) is 7.55. The van der Waals surface area contributed by atoms with Crippen LogP contribution in [-0.2, 0) is 11.4 Å². The molecule has 0 heterocycles. The smallest absolute Gasteiger partial charge is 0.328 e. The molecule has 0 bridgehead atoms. The number of carboxylic acids is 1. The molecule has 4 nitrogen and oxygen atoms in total. The van der Waals surface area contributed by atoms with Gasteiger partial charge in [-0.2, -0.15) is 0 Å². The monoisotopic (exact) mass is 438 g/mol. The van der Waals surface area contributed by atoms with Gasteiger partial charge in [0.05, 0.1) is 10.2 Å². The number of benzene rings is 2. The highest BCUT2D eigenvalue weighted by molar-refractivity contribution is 14.1. The second kappa shape index (κ2) is 8.73. The molecule has 0 atom stereocenters. The summed E-state index contributed by atoms with van der Waals surface area (Å²) >= 11 is 2.17. The molecular weight excluding hydrogens is 419 g/mol. The van der Waals surface area contributed by atoms with Gasteiger partial charge in [0.1, 0.15) is 6.61 Å². The summed E-state index contributed by atoms with van der Waals surface area (Å²) in [5, 5.41) is 8.76. The van der Waals surface area contributed by atoms with Gasteiger partial charge in [-0.1, -0.05) is 29.8 Å². The van der Waals surface area contributed by atoms with Crippen LogP contribution in [-0.4, -0.2) is 17.7 Å². The van der Waals surface area contributed by atoms with Crippen LogP contribution in [0.4, 0.5) is 0 Å². The van der Waals surface area contributed by atoms with Crippen molar-refractivity contribution in [3.05, 3.63) is 62.7 Å². The van der Waals surface area contributed by atoms with Crippen molar-refractivity contribution < 1.29 is 19.4 Å². The van der Waals surface area contributed by atoms with Gasteiger partial charge in [0.2, 0.25) is 0 Å². The van der Waals surface area contributed by atoms with E-state index in [1.165, 1.54) is 11.6 Å². The average molecular weight is 438 g/mol. The molecule has 24 heavy (non-hydrogen) atoms. The molecule has 2 aromatic carbocycles. The summed E-state index contributed by atoms with van der Waals surface area (Å²) < 4.78 is 12.5. The number of ether oxygens (including phenoxy) is 2. The van der Waals surface area contributed by atoms with E-state index in [9.17, 15) is 4.79 Å². The van der Waals surface area contributed by atoms with E-state index >= 15 is 0 Å². The Balaban J connectivity index is 2.25. The van der Waals surface area contributed by atoms with Gasteiger partial charge in [-0.3, -0.25) is 0 Å². The van der Waals surface area contributed by atoms with Crippen LogP contribution < -0.4 is 9.47 Å². The van der Waals surface area contributed by atoms with Gasteiger partial charge < -0.3 is 14.6 Å². The minimum Gasteiger partial charge on any atom is -0.490 e. The molecule has 5 heteroatoms. The van der Waals surface area contributed by atoms with E-state index in [1.807, 2.05) is 38.1 Å². The summed E-state index contributed by atoms with van der Waals surface area (Å²) in [6.07, 6.45) is 2.64. The van der Waals surface area contributed by atoms with Gasteiger partial charge in [0, 0.05) is 6.08 Å². The molecule has 126 valence electrons. The molecule has 0 amide bonds. The second-order valence-electron chi connectivity index (χ2n) is 5.21. The standard InChI is InChI=1S/C19H19IO4/c1-3-23-17-11-14(7-8-18(21)22)10-16(20)19(17)24-12-15-6-4-5-13(2)9-15/h4-11H,3,12H2,1-2H3,(H,21,22). The minimum atomic E-state index is -0.984. The lowest BCUT2D eigenvalue weighted by Crippen LogP contribution is -2.02. The summed E-state index contributed by atoms with van der Waals surface area (Å²) in [5.74, 6) is 0.302. The fourth-order valence-corrected chi connectivity index (χ4v) is 2.99. The number of halogens is 1. The maximum atomic E-state index is 10.7. The normalized spacial score (nSPS) is 10.8. The highest BCUT2D eigenvalue weighted by Crippen LogP contribution is 2.35. The molecule has 0 unspecified atom stereocenters. The van der Waals surface area contributed by atoms with Crippen LogP contribution in [0.5, 0.6) is 11.5 Å². The summed E-state index contributed by atoms with van der Waals surface area (Å²) in [4.78, 5) is 10.7. The Bertz CT molecular complexity index is 753. The van der Waals surface area contributed by atoms with Crippen molar-refractivity contribution >= 4 is 34.6 Å². The fraction of sp³-hybridized carbons (Fsp3) is 0.211. The Labute approximate surface area is 155 Å². The molecule has 0 aliphatic heterocycles. The molecule has 0 aliphatic carbocycles. The molecule has 2 rings (SSSR count). The zero-order chi connectivity index (χ0) is 17.5. The van der Waals surface area contributed by atoms with E-state index in [2.05, 4.69) is 28.7 Å². The molecule has 0 spiro atoms. The Morgan fingerprint density at radius 1 is 1.25 bits per heavy atom. The first-order chi connectivity index (χ1) is 11.5. The van der Waals surface area contributed by atoms with E-state index in [0.29, 0.717) is 24.7 Å². The molecule has 0 fully saturated rings. The van der Waals surface area contributed by atoms with Crippen LogP contribution in [0.3, 0.4) is 0 Å². The van der Waals surface area contributed by atoms with Crippen molar-refractivity contribution in [2.45, 2.75) is 20.5 Å². The Morgan fingerprint density at radius 2 is 2.04 bits per heavy atom. The van der Waals surface area contributed by atoms with Crippen LogP contribution in [0.1, 0.15) is 23.6 Å². The van der Waals surface area contributed by atoms with Crippen LogP contribution in [0.15, 0.2) is 42.5 Å². The van der Waals surface area contributed by atoms with Gasteiger partial charge in [0.25, 0.3) is 0 Å². The molecule has 2 aromatic rings. The minimum absolute atomic E-state index is 0.446. The number of aryl methyl sites for hydroxylation is 1. The van der Waals surface area contributed by atoms with E-state index < -0.39 is 5.97 Å². The first-order valence-corrected chi connectivity index (χ1v) is 8.63. The maximum absolute atomic E-state index is 10.7. The molecule has 0 saturated heterocycles. The van der Waals surface area contributed by atoms with Crippen molar-refractivity contribution in [2.75, 3.05) is 6.61 Å². The van der Waals surface area contributed by atoms with Crippen molar-refractivity contribution in [1.29, 1.82) is 0 Å². The van der Waals surface area contributed by atoms with Gasteiger partial charge in [-0.15, -0.1) is 0 Å². The average Bonchev–Trinajstić information content (AvgIpc) is 2.52. The van der Waals surface area contributed by atoms with E-state index in [0.717, 1.165) is 20.8 Å². The summed E-state index contributed by atoms with van der Waals surface area (Å²) in [6, 6.07) is 11.8. The van der Waals surface area contributed by atoms with Crippen LogP contribution in [0.25, 0.3) is 6.08 Å². The third-order valence-corrected chi connectivity index (χ3v) is 4.02. The van der Waals surface area contributed by atoms with Crippen molar-refractivity contribution in [3.63, 3.8) is 0 Å². The predicted molar refractivity (Wildman–Crippen MR) is 103 cm³/mol. The predicted octanol–water partition coefficient (Wildman–Crippen LogP) is 4.68. The van der Waals surface area contributed by atoms with Gasteiger partial charge in [-0.25, -0.2) is 4.79 Å². The number of carboxylic acid groups (broad SMARTS) is 1. The number of rotatable bonds is 7. The van der Waals surface area contributed by atoms with Crippen molar-refractivity contribution in [3.8, 4) is 11.5 Å². The Hall–Kier alpha value is -2.02. The lowest BCUT2D eigenvalue weighted by molar-refractivity contribution is -0.131. The SMILES string of the molecule is CCOc1cc(C=CC(=O)O)cc(I)c1OCc1cccc(C)c1. The van der Waals surface area contributed by atoms with E-state index in [-0.39, 0.29) is 0 Å². The quantitative estimate of drug-likeness (QED) is 0.504. The lowest BCUT2D eigenvalue weighted by Gasteiger charge is -2.15. The summed E-state index contributed by atoms with van der Waals surface area (Å²) in [6.45, 7) is 4.89. The molecule has 1 N–H and O–H groups in total. The highest BCUT2D eigenvalue weighted by atomic mass is 127. The zero-order valence-electron chi connectivity index (χ0n) is 13.6. The van der Waals surface area contributed by atoms with E-state index in [1.54, 1.807) is 6.07 Å². The topological polar surface area (TPSA) is 55.8 Å². The molecule has 0 saturated carbocycles. The lowest BCUT2D eigenvalue weighted by atomic mass is 10.1. The first kappa shape index (κ1) is 18.3. The Morgan fingerprint density at radius 3 is 2.71 bits per heavy atom. The third kappa shape index (κ3) is 5.26. The Kier molecular flexibility index (Phi) is 6.66. The summed E-state index contributed by atoms with van der Waals surface area (Å²) in [7, 11) is 0. The number of carbonyl (C=O) groups is 1. The summed E-state index contributed by atoms with van der Waals surface area (Å²) in [5.41, 5.74) is 3.03. The van der Waals surface area contributed by atoms with Gasteiger partial charge in [-0.05, 0) is 65.8 Å². The molecule has 0 aromatic heterocycles. The number of aliphatic carboxylic acids is 1. The number of hydrogen-bond donors (Lipinski definition) is 1. The number of hydrogen-bond acceptors (Lipinski definition) is 3. The third-order valence-electron chi connectivity index (χ3n) is 3.22. The maximum Gasteiger partial charge on any atom is 0.328 e. The second-order valence-corrected chi connectivity index (χ2v) is 6.37. The highest BCUT2D eigenvalue weighted by Gasteiger charge is 2.12. The van der Waals surface area contributed by atoms with Crippen LogP contribution in [0.2, 0.25) is 0 Å². The van der Waals surface area contributed by atoms with Gasteiger partial charge >= 0.3 is 5.97 Å². The zero-order valence-corrected chi connectivity index (χ0v) is 15.7. The van der Waals surface area contributed by atoms with Crippen LogP contribution >= 0.6 is 22.6 Å². The van der Waals surface area contributed by atoms with E-state index in [4.69, 9.17) is 14.6 Å². The van der Waals surface area contributed by atoms with Crippen molar-refractivity contribution in [2.24, 2.45) is 0 Å². The van der Waals surface area contributed by atoms with Crippen LogP contribution in [0, 0.1) is 10.5 Å². The molecule has 0 aliphatic rings. The molecule has 0 radical (unpaired) electrons. The fourth-order valence-electron chi connectivity index (χ4n) is 2.21. The molecular formula is C19H19IO4.